The molecule has 0 aliphatic heterocycles. The highest BCUT2D eigenvalue weighted by Crippen LogP contribution is 2.32. The quantitative estimate of drug-likeness (QED) is 0.812. The third-order valence-corrected chi connectivity index (χ3v) is 3.28. The number of methoxy groups -OCH3 is 1. The number of nitrogens with zero attached hydrogens (tertiary/aromatic N) is 1. The molecule has 0 spiro atoms. The molecule has 1 rings (SSSR count). The van der Waals surface area contributed by atoms with Gasteiger partial charge in [-0.25, -0.2) is 0 Å². The largest absolute Gasteiger partial charge is 0.496 e. The first-order chi connectivity index (χ1) is 6.61. The summed E-state index contributed by atoms with van der Waals surface area (Å²) >= 11 is 3.46. The maximum absolute atomic E-state index is 8.69. The number of rotatable bonds is 2. The molecule has 2 nitrogen and oxygen atoms in total. The summed E-state index contributed by atoms with van der Waals surface area (Å²) in [6, 6.07) is 4.12. The van der Waals surface area contributed by atoms with Crippen molar-refractivity contribution in [1.82, 2.24) is 0 Å². The van der Waals surface area contributed by atoms with E-state index >= 15 is 0 Å². The van der Waals surface area contributed by atoms with Crippen molar-refractivity contribution >= 4 is 15.9 Å². The van der Waals surface area contributed by atoms with Crippen molar-refractivity contribution in [2.24, 2.45) is 0 Å². The van der Waals surface area contributed by atoms with Crippen LogP contribution in [0.5, 0.6) is 5.75 Å². The maximum Gasteiger partial charge on any atom is 0.133 e. The van der Waals surface area contributed by atoms with Crippen LogP contribution in [0.1, 0.15) is 16.7 Å². The molecule has 1 aromatic rings. The van der Waals surface area contributed by atoms with Crippen LogP contribution in [0.2, 0.25) is 0 Å². The van der Waals surface area contributed by atoms with Crippen molar-refractivity contribution in [1.29, 1.82) is 5.26 Å². The van der Waals surface area contributed by atoms with Gasteiger partial charge in [0.1, 0.15) is 5.75 Å². The molecule has 0 aromatic heterocycles. The molecule has 0 N–H and O–H groups in total. The van der Waals surface area contributed by atoms with Gasteiger partial charge in [0.15, 0.2) is 0 Å². The lowest BCUT2D eigenvalue weighted by atomic mass is 10.0. The van der Waals surface area contributed by atoms with E-state index in [1.165, 1.54) is 0 Å². The Morgan fingerprint density at radius 2 is 2.14 bits per heavy atom. The van der Waals surface area contributed by atoms with Crippen LogP contribution in [-0.4, -0.2) is 7.11 Å². The first kappa shape index (κ1) is 11.1. The van der Waals surface area contributed by atoms with Crippen LogP contribution in [0.3, 0.4) is 0 Å². The highest BCUT2D eigenvalue weighted by molar-refractivity contribution is 9.10. The average molecular weight is 254 g/mol. The third-order valence-electron chi connectivity index (χ3n) is 2.30. The van der Waals surface area contributed by atoms with E-state index in [0.29, 0.717) is 6.42 Å². The Labute approximate surface area is 92.6 Å². The zero-order chi connectivity index (χ0) is 10.7. The molecule has 0 fully saturated rings. The molecule has 3 heteroatoms. The molecule has 0 saturated carbocycles. The average Bonchev–Trinajstić information content (AvgIpc) is 2.18. The predicted molar refractivity (Wildman–Crippen MR) is 59.5 cm³/mol. The summed E-state index contributed by atoms with van der Waals surface area (Å²) in [5.74, 6) is 0.821. The maximum atomic E-state index is 8.69. The Morgan fingerprint density at radius 1 is 1.50 bits per heavy atom. The van der Waals surface area contributed by atoms with Crippen LogP contribution in [0.25, 0.3) is 0 Å². The summed E-state index contributed by atoms with van der Waals surface area (Å²) in [5.41, 5.74) is 3.27. The SMILES string of the molecule is COc1cc(C)c(CC#N)c(C)c1Br. The topological polar surface area (TPSA) is 33.0 Å². The van der Waals surface area contributed by atoms with Gasteiger partial charge in [0.05, 0.1) is 24.1 Å². The van der Waals surface area contributed by atoms with Crippen molar-refractivity contribution in [3.8, 4) is 11.8 Å². The Hall–Kier alpha value is -1.01. The van der Waals surface area contributed by atoms with E-state index in [1.807, 2.05) is 19.9 Å². The molecule has 0 radical (unpaired) electrons. The minimum Gasteiger partial charge on any atom is -0.496 e. The van der Waals surface area contributed by atoms with E-state index in [9.17, 15) is 0 Å². The zero-order valence-corrected chi connectivity index (χ0v) is 10.1. The van der Waals surface area contributed by atoms with Gasteiger partial charge in [-0.1, -0.05) is 0 Å². The normalized spacial score (nSPS) is 9.64. The van der Waals surface area contributed by atoms with Crippen molar-refractivity contribution < 1.29 is 4.74 Å². The number of benzene rings is 1. The first-order valence-electron chi connectivity index (χ1n) is 4.31. The number of hydrogen-bond acceptors (Lipinski definition) is 2. The number of ether oxygens (including phenoxy) is 1. The summed E-state index contributed by atoms with van der Waals surface area (Å²) in [5, 5.41) is 8.69. The van der Waals surface area contributed by atoms with Crippen LogP contribution < -0.4 is 4.74 Å². The van der Waals surface area contributed by atoms with Crippen molar-refractivity contribution in [3.05, 3.63) is 27.2 Å². The minimum absolute atomic E-state index is 0.445. The summed E-state index contributed by atoms with van der Waals surface area (Å²) in [4.78, 5) is 0. The number of aryl methyl sites for hydroxylation is 1. The van der Waals surface area contributed by atoms with Gasteiger partial charge in [-0.15, -0.1) is 0 Å². The Kier molecular flexibility index (Phi) is 3.54. The molecule has 0 aliphatic rings. The molecule has 0 amide bonds. The van der Waals surface area contributed by atoms with Gasteiger partial charge in [0.25, 0.3) is 0 Å². The van der Waals surface area contributed by atoms with Gasteiger partial charge in [0, 0.05) is 0 Å². The summed E-state index contributed by atoms with van der Waals surface area (Å²) in [6.07, 6.45) is 0.445. The first-order valence-corrected chi connectivity index (χ1v) is 5.10. The molecule has 0 saturated heterocycles. The van der Waals surface area contributed by atoms with E-state index in [4.69, 9.17) is 10.00 Å². The fourth-order valence-corrected chi connectivity index (χ4v) is 1.98. The van der Waals surface area contributed by atoms with Crippen molar-refractivity contribution in [2.75, 3.05) is 7.11 Å². The number of halogens is 1. The van der Waals surface area contributed by atoms with E-state index in [1.54, 1.807) is 7.11 Å². The lowest BCUT2D eigenvalue weighted by Gasteiger charge is -2.12. The van der Waals surface area contributed by atoms with Crippen LogP contribution >= 0.6 is 15.9 Å². The van der Waals surface area contributed by atoms with Gasteiger partial charge in [-0.05, 0) is 52.5 Å². The minimum atomic E-state index is 0.445. The van der Waals surface area contributed by atoms with Crippen LogP contribution in [0.15, 0.2) is 10.5 Å². The second-order valence-electron chi connectivity index (χ2n) is 3.15. The fourth-order valence-electron chi connectivity index (χ4n) is 1.46. The number of hydrogen-bond donors (Lipinski definition) is 0. The lowest BCUT2D eigenvalue weighted by Crippen LogP contribution is -1.96. The summed E-state index contributed by atoms with van der Waals surface area (Å²) < 4.78 is 6.15. The van der Waals surface area contributed by atoms with E-state index < -0.39 is 0 Å². The second-order valence-corrected chi connectivity index (χ2v) is 3.94. The van der Waals surface area contributed by atoms with Crippen molar-refractivity contribution in [3.63, 3.8) is 0 Å². The third kappa shape index (κ3) is 1.91. The van der Waals surface area contributed by atoms with Crippen molar-refractivity contribution in [2.45, 2.75) is 20.3 Å². The van der Waals surface area contributed by atoms with Crippen LogP contribution in [0, 0.1) is 25.2 Å². The van der Waals surface area contributed by atoms with Gasteiger partial charge < -0.3 is 4.74 Å². The number of nitriles is 1. The second kappa shape index (κ2) is 4.47. The Morgan fingerprint density at radius 3 is 2.64 bits per heavy atom. The molecular weight excluding hydrogens is 242 g/mol. The van der Waals surface area contributed by atoms with Gasteiger partial charge >= 0.3 is 0 Å². The molecule has 74 valence electrons. The lowest BCUT2D eigenvalue weighted by molar-refractivity contribution is 0.411. The van der Waals surface area contributed by atoms with Gasteiger partial charge in [-0.3, -0.25) is 0 Å². The van der Waals surface area contributed by atoms with E-state index in [0.717, 1.165) is 26.9 Å². The Bertz CT molecular complexity index is 393. The predicted octanol–water partition coefficient (Wildman–Crippen LogP) is 3.14. The molecule has 0 unspecified atom stereocenters. The van der Waals surface area contributed by atoms with E-state index in [2.05, 4.69) is 22.0 Å². The molecule has 0 heterocycles. The molecule has 0 aliphatic carbocycles. The standard InChI is InChI=1S/C11H12BrNO/c1-7-6-10(14-3)11(12)8(2)9(7)4-5-13/h6H,4H2,1-3H3. The highest BCUT2D eigenvalue weighted by atomic mass is 79.9. The van der Waals surface area contributed by atoms with Gasteiger partial charge in [0.2, 0.25) is 0 Å². The van der Waals surface area contributed by atoms with Crippen LogP contribution in [-0.2, 0) is 6.42 Å². The van der Waals surface area contributed by atoms with E-state index in [-0.39, 0.29) is 0 Å². The van der Waals surface area contributed by atoms with Crippen LogP contribution in [0.4, 0.5) is 0 Å². The monoisotopic (exact) mass is 253 g/mol. The zero-order valence-electron chi connectivity index (χ0n) is 8.52. The Balaban J connectivity index is 3.35. The molecule has 1 aromatic carbocycles. The summed E-state index contributed by atoms with van der Waals surface area (Å²) in [7, 11) is 1.64. The molecule has 0 bridgehead atoms. The van der Waals surface area contributed by atoms with Gasteiger partial charge in [-0.2, -0.15) is 5.26 Å². The highest BCUT2D eigenvalue weighted by Gasteiger charge is 2.10. The molecule has 14 heavy (non-hydrogen) atoms. The molecular formula is C11H12BrNO. The molecule has 0 atom stereocenters. The summed E-state index contributed by atoms with van der Waals surface area (Å²) in [6.45, 7) is 3.99. The smallest absolute Gasteiger partial charge is 0.133 e. The fraction of sp³-hybridized carbons (Fsp3) is 0.364.